The fourth-order valence-electron chi connectivity index (χ4n) is 2.84. The zero-order valence-corrected chi connectivity index (χ0v) is 13.1. The summed E-state index contributed by atoms with van der Waals surface area (Å²) < 4.78 is 13.3. The smallest absolute Gasteiger partial charge is 0.137 e. The predicted octanol–water partition coefficient (Wildman–Crippen LogP) is 1.82. The van der Waals surface area contributed by atoms with Crippen LogP contribution in [-0.2, 0) is 0 Å². The normalized spacial score (nSPS) is 18.5. The molecule has 1 fully saturated rings. The van der Waals surface area contributed by atoms with Crippen molar-refractivity contribution >= 4 is 16.7 Å². The number of fused-ring (bicyclic) bond motifs is 1. The summed E-state index contributed by atoms with van der Waals surface area (Å²) in [5, 5.41) is 4.29. The van der Waals surface area contributed by atoms with Crippen LogP contribution in [-0.4, -0.2) is 65.6 Å². The summed E-state index contributed by atoms with van der Waals surface area (Å²) in [6.45, 7) is 7.54. The SMILES string of the molecule is CC(CN1CCN(C)CC1)Nc1ncnc2cc(F)ccc12. The van der Waals surface area contributed by atoms with Crippen molar-refractivity contribution in [2.24, 2.45) is 0 Å². The Labute approximate surface area is 130 Å². The second-order valence-corrected chi connectivity index (χ2v) is 6.03. The third-order valence-electron chi connectivity index (χ3n) is 4.11. The molecular formula is C16H22FN5. The summed E-state index contributed by atoms with van der Waals surface area (Å²) in [5.41, 5.74) is 0.629. The van der Waals surface area contributed by atoms with Crippen LogP contribution in [0.2, 0.25) is 0 Å². The zero-order valence-electron chi connectivity index (χ0n) is 13.1. The van der Waals surface area contributed by atoms with Crippen molar-refractivity contribution in [1.29, 1.82) is 0 Å². The van der Waals surface area contributed by atoms with E-state index in [1.807, 2.05) is 0 Å². The van der Waals surface area contributed by atoms with E-state index in [0.29, 0.717) is 5.52 Å². The number of hydrogen-bond donors (Lipinski definition) is 1. The molecule has 0 saturated carbocycles. The molecule has 0 radical (unpaired) electrons. The van der Waals surface area contributed by atoms with E-state index in [-0.39, 0.29) is 11.9 Å². The molecule has 0 spiro atoms. The Bertz CT molecular complexity index is 639. The lowest BCUT2D eigenvalue weighted by molar-refractivity contribution is 0.151. The molecule has 1 aliphatic heterocycles. The number of benzene rings is 1. The average molecular weight is 303 g/mol. The first-order valence-electron chi connectivity index (χ1n) is 7.69. The molecule has 1 saturated heterocycles. The topological polar surface area (TPSA) is 44.3 Å². The number of aromatic nitrogens is 2. The van der Waals surface area contributed by atoms with Gasteiger partial charge in [0.2, 0.25) is 0 Å². The van der Waals surface area contributed by atoms with E-state index in [9.17, 15) is 4.39 Å². The van der Waals surface area contributed by atoms with Crippen LogP contribution in [0.3, 0.4) is 0 Å². The highest BCUT2D eigenvalue weighted by Gasteiger charge is 2.16. The van der Waals surface area contributed by atoms with Gasteiger partial charge in [0.05, 0.1) is 5.52 Å². The van der Waals surface area contributed by atoms with Crippen LogP contribution in [0.5, 0.6) is 0 Å². The van der Waals surface area contributed by atoms with E-state index in [1.54, 1.807) is 6.07 Å². The van der Waals surface area contributed by atoms with E-state index in [2.05, 4.69) is 39.1 Å². The number of hydrogen-bond acceptors (Lipinski definition) is 5. The van der Waals surface area contributed by atoms with Crippen LogP contribution in [0, 0.1) is 5.82 Å². The summed E-state index contributed by atoms with van der Waals surface area (Å²) in [7, 11) is 2.16. The van der Waals surface area contributed by atoms with Gasteiger partial charge in [0.1, 0.15) is 18.0 Å². The maximum Gasteiger partial charge on any atom is 0.137 e. The van der Waals surface area contributed by atoms with Crippen LogP contribution in [0.1, 0.15) is 6.92 Å². The minimum Gasteiger partial charge on any atom is -0.366 e. The number of piperazine rings is 1. The monoisotopic (exact) mass is 303 g/mol. The molecule has 1 aromatic heterocycles. The lowest BCUT2D eigenvalue weighted by Crippen LogP contribution is -2.47. The fraction of sp³-hybridized carbons (Fsp3) is 0.500. The molecule has 2 heterocycles. The number of nitrogens with zero attached hydrogens (tertiary/aromatic N) is 4. The number of likely N-dealkylation sites (N-methyl/N-ethyl adjacent to an activating group) is 1. The van der Waals surface area contributed by atoms with Gasteiger partial charge in [0.15, 0.2) is 0 Å². The van der Waals surface area contributed by atoms with Crippen molar-refractivity contribution in [2.45, 2.75) is 13.0 Å². The van der Waals surface area contributed by atoms with Crippen molar-refractivity contribution in [3.8, 4) is 0 Å². The first-order chi connectivity index (χ1) is 10.6. The molecule has 1 N–H and O–H groups in total. The Balaban J connectivity index is 1.67. The van der Waals surface area contributed by atoms with Gasteiger partial charge in [-0.3, -0.25) is 4.90 Å². The largest absolute Gasteiger partial charge is 0.366 e. The van der Waals surface area contributed by atoms with Crippen molar-refractivity contribution in [2.75, 3.05) is 45.1 Å². The van der Waals surface area contributed by atoms with E-state index in [0.717, 1.165) is 43.9 Å². The molecule has 0 amide bonds. The maximum absolute atomic E-state index is 13.3. The van der Waals surface area contributed by atoms with Crippen molar-refractivity contribution in [3.63, 3.8) is 0 Å². The molecule has 0 bridgehead atoms. The molecule has 1 aliphatic rings. The second kappa shape index (κ2) is 6.54. The lowest BCUT2D eigenvalue weighted by atomic mass is 10.2. The molecule has 1 atom stereocenters. The first kappa shape index (κ1) is 15.1. The molecular weight excluding hydrogens is 281 g/mol. The molecule has 5 nitrogen and oxygen atoms in total. The van der Waals surface area contributed by atoms with Gasteiger partial charge in [-0.25, -0.2) is 14.4 Å². The summed E-state index contributed by atoms with van der Waals surface area (Å²) >= 11 is 0. The summed E-state index contributed by atoms with van der Waals surface area (Å²) in [6.07, 6.45) is 1.48. The third-order valence-corrected chi connectivity index (χ3v) is 4.11. The molecule has 2 aromatic rings. The Hall–Kier alpha value is -1.79. The Kier molecular flexibility index (Phi) is 4.49. The minimum absolute atomic E-state index is 0.270. The second-order valence-electron chi connectivity index (χ2n) is 6.03. The summed E-state index contributed by atoms with van der Waals surface area (Å²) in [5.74, 6) is 0.495. The van der Waals surface area contributed by atoms with Crippen LogP contribution >= 0.6 is 0 Å². The van der Waals surface area contributed by atoms with Crippen LogP contribution < -0.4 is 5.32 Å². The van der Waals surface area contributed by atoms with Gasteiger partial charge >= 0.3 is 0 Å². The van der Waals surface area contributed by atoms with Crippen molar-refractivity contribution in [3.05, 3.63) is 30.3 Å². The van der Waals surface area contributed by atoms with Gasteiger partial charge < -0.3 is 10.2 Å². The zero-order chi connectivity index (χ0) is 15.5. The highest BCUT2D eigenvalue weighted by atomic mass is 19.1. The van der Waals surface area contributed by atoms with E-state index in [4.69, 9.17) is 0 Å². The highest BCUT2D eigenvalue weighted by Crippen LogP contribution is 2.20. The molecule has 22 heavy (non-hydrogen) atoms. The molecule has 0 aliphatic carbocycles. The van der Waals surface area contributed by atoms with Gasteiger partial charge in [-0.15, -0.1) is 0 Å². The number of rotatable bonds is 4. The minimum atomic E-state index is -0.275. The molecule has 118 valence electrons. The van der Waals surface area contributed by atoms with Gasteiger partial charge in [-0.2, -0.15) is 0 Å². The van der Waals surface area contributed by atoms with Gasteiger partial charge in [-0.05, 0) is 26.1 Å². The van der Waals surface area contributed by atoms with Gasteiger partial charge in [0.25, 0.3) is 0 Å². The molecule has 1 aromatic carbocycles. The van der Waals surface area contributed by atoms with Gasteiger partial charge in [-0.1, -0.05) is 0 Å². The fourth-order valence-corrected chi connectivity index (χ4v) is 2.84. The number of halogens is 1. The van der Waals surface area contributed by atoms with E-state index in [1.165, 1.54) is 18.5 Å². The molecule has 6 heteroatoms. The standard InChI is InChI=1S/C16H22FN5/c1-12(10-22-7-5-21(2)6-8-22)20-16-14-4-3-13(17)9-15(14)18-11-19-16/h3-4,9,11-12H,5-8,10H2,1-2H3,(H,18,19,20). The summed E-state index contributed by atoms with van der Waals surface area (Å²) in [4.78, 5) is 13.2. The Morgan fingerprint density at radius 1 is 1.23 bits per heavy atom. The highest BCUT2D eigenvalue weighted by molar-refractivity contribution is 5.88. The maximum atomic E-state index is 13.3. The quantitative estimate of drug-likeness (QED) is 0.933. The van der Waals surface area contributed by atoms with Crippen molar-refractivity contribution in [1.82, 2.24) is 19.8 Å². The van der Waals surface area contributed by atoms with Crippen LogP contribution in [0.4, 0.5) is 10.2 Å². The van der Waals surface area contributed by atoms with Gasteiger partial charge in [0, 0.05) is 50.2 Å². The lowest BCUT2D eigenvalue weighted by Gasteiger charge is -2.34. The average Bonchev–Trinajstić information content (AvgIpc) is 2.49. The predicted molar refractivity (Wildman–Crippen MR) is 86.5 cm³/mol. The number of anilines is 1. The molecule has 3 rings (SSSR count). The van der Waals surface area contributed by atoms with E-state index >= 15 is 0 Å². The molecule has 1 unspecified atom stereocenters. The first-order valence-corrected chi connectivity index (χ1v) is 7.69. The number of nitrogens with one attached hydrogen (secondary N) is 1. The van der Waals surface area contributed by atoms with E-state index < -0.39 is 0 Å². The van der Waals surface area contributed by atoms with Crippen LogP contribution in [0.15, 0.2) is 24.5 Å². The van der Waals surface area contributed by atoms with Crippen LogP contribution in [0.25, 0.3) is 10.9 Å². The Morgan fingerprint density at radius 3 is 2.77 bits per heavy atom. The summed E-state index contributed by atoms with van der Waals surface area (Å²) in [6, 6.07) is 4.89. The Morgan fingerprint density at radius 2 is 2.00 bits per heavy atom. The third kappa shape index (κ3) is 3.51. The van der Waals surface area contributed by atoms with Crippen molar-refractivity contribution < 1.29 is 4.39 Å².